The lowest BCUT2D eigenvalue weighted by Gasteiger charge is -2.22. The third-order valence-electron chi connectivity index (χ3n) is 5.89. The molecule has 0 fully saturated rings. The number of aryl methyl sites for hydroxylation is 1. The molecule has 1 aromatic heterocycles. The van der Waals surface area contributed by atoms with Crippen LogP contribution in [0.2, 0.25) is 0 Å². The van der Waals surface area contributed by atoms with E-state index in [0.717, 1.165) is 28.2 Å². The molecule has 3 N–H and O–H groups in total. The summed E-state index contributed by atoms with van der Waals surface area (Å²) in [5.74, 6) is 0.502. The zero-order valence-electron chi connectivity index (χ0n) is 20.3. The van der Waals surface area contributed by atoms with Crippen LogP contribution in [-0.4, -0.2) is 63.5 Å². The molecule has 0 saturated carbocycles. The van der Waals surface area contributed by atoms with Crippen molar-refractivity contribution in [1.82, 2.24) is 14.5 Å². The van der Waals surface area contributed by atoms with Crippen LogP contribution in [0.1, 0.15) is 28.2 Å². The number of imidazole rings is 1. The molecule has 2 heterocycles. The summed E-state index contributed by atoms with van der Waals surface area (Å²) in [7, 11) is 0. The van der Waals surface area contributed by atoms with Crippen LogP contribution in [0.4, 0.5) is 14.5 Å². The minimum atomic E-state index is -2.88. The second-order valence-corrected chi connectivity index (χ2v) is 8.37. The van der Waals surface area contributed by atoms with Gasteiger partial charge in [0.15, 0.2) is 5.82 Å². The maximum Gasteiger partial charge on any atom is 0.387 e. The van der Waals surface area contributed by atoms with Gasteiger partial charge in [0.1, 0.15) is 5.75 Å². The first kappa shape index (κ1) is 26.1. The number of benzene rings is 2. The van der Waals surface area contributed by atoms with Gasteiger partial charge in [-0.15, -0.1) is 0 Å². The topological polar surface area (TPSA) is 99.9 Å². The number of allylic oxidation sites excluding steroid dienone is 2. The lowest BCUT2D eigenvalue weighted by Crippen LogP contribution is -2.36. The smallest absolute Gasteiger partial charge is 0.387 e. The van der Waals surface area contributed by atoms with E-state index in [0.29, 0.717) is 17.8 Å². The van der Waals surface area contributed by atoms with Gasteiger partial charge in [-0.2, -0.15) is 8.78 Å². The first-order valence-electron chi connectivity index (χ1n) is 11.8. The van der Waals surface area contributed by atoms with Gasteiger partial charge in [0.05, 0.1) is 30.8 Å². The number of fused-ring (bicyclic) bond motifs is 1. The van der Waals surface area contributed by atoms with Crippen molar-refractivity contribution in [3.63, 3.8) is 0 Å². The molecule has 0 saturated heterocycles. The second kappa shape index (κ2) is 11.8. The summed E-state index contributed by atoms with van der Waals surface area (Å²) in [6.07, 6.45) is 8.29. The van der Waals surface area contributed by atoms with Crippen molar-refractivity contribution in [1.29, 1.82) is 0 Å². The van der Waals surface area contributed by atoms with Gasteiger partial charge < -0.3 is 25.2 Å². The Balaban J connectivity index is 1.56. The molecule has 0 spiro atoms. The van der Waals surface area contributed by atoms with E-state index in [1.54, 1.807) is 30.5 Å². The number of anilines is 1. The zero-order chi connectivity index (χ0) is 26.4. The fourth-order valence-corrected chi connectivity index (χ4v) is 4.15. The minimum Gasteiger partial charge on any atom is -0.435 e. The molecule has 8 nitrogen and oxygen atoms in total. The molecular formula is C27H28F2N4O4. The number of hydrogen-bond acceptors (Lipinski definition) is 6. The van der Waals surface area contributed by atoms with Gasteiger partial charge in [-0.3, -0.25) is 9.36 Å². The molecule has 3 aromatic rings. The summed E-state index contributed by atoms with van der Waals surface area (Å²) >= 11 is 0. The monoisotopic (exact) mass is 510 g/mol. The van der Waals surface area contributed by atoms with E-state index < -0.39 is 6.61 Å². The molecule has 194 valence electrons. The molecule has 2 aromatic carbocycles. The normalized spacial score (nSPS) is 12.6. The van der Waals surface area contributed by atoms with Crippen LogP contribution in [0.15, 0.2) is 60.8 Å². The minimum absolute atomic E-state index is 0.0836. The van der Waals surface area contributed by atoms with Gasteiger partial charge in [-0.1, -0.05) is 12.2 Å². The van der Waals surface area contributed by atoms with Gasteiger partial charge >= 0.3 is 6.61 Å². The van der Waals surface area contributed by atoms with Crippen molar-refractivity contribution < 1.29 is 28.5 Å². The van der Waals surface area contributed by atoms with Crippen molar-refractivity contribution in [2.45, 2.75) is 20.0 Å². The zero-order valence-corrected chi connectivity index (χ0v) is 20.3. The van der Waals surface area contributed by atoms with Crippen LogP contribution >= 0.6 is 0 Å². The number of amides is 1. The van der Waals surface area contributed by atoms with Crippen molar-refractivity contribution >= 4 is 23.5 Å². The Morgan fingerprint density at radius 2 is 1.89 bits per heavy atom. The number of rotatable bonds is 10. The van der Waals surface area contributed by atoms with Gasteiger partial charge in [0.25, 0.3) is 5.91 Å². The number of carbonyl (C=O) groups is 1. The van der Waals surface area contributed by atoms with E-state index in [1.165, 1.54) is 17.0 Å². The number of carbonyl (C=O) groups excluding carboxylic acids is 1. The highest BCUT2D eigenvalue weighted by Crippen LogP contribution is 2.30. The lowest BCUT2D eigenvalue weighted by atomic mass is 10.1. The summed E-state index contributed by atoms with van der Waals surface area (Å²) in [5.41, 5.74) is 4.36. The van der Waals surface area contributed by atoms with Crippen LogP contribution in [-0.2, 0) is 0 Å². The van der Waals surface area contributed by atoms with Crippen LogP contribution in [0.5, 0.6) is 5.75 Å². The third kappa shape index (κ3) is 6.04. The largest absolute Gasteiger partial charge is 0.435 e. The predicted octanol–water partition coefficient (Wildman–Crippen LogP) is 4.21. The number of aliphatic hydroxyl groups excluding tert-OH is 2. The molecule has 1 amide bonds. The molecule has 0 atom stereocenters. The highest BCUT2D eigenvalue weighted by molar-refractivity contribution is 5.96. The molecule has 0 radical (unpaired) electrons. The first-order chi connectivity index (χ1) is 17.9. The first-order valence-corrected chi connectivity index (χ1v) is 11.8. The van der Waals surface area contributed by atoms with Crippen LogP contribution < -0.4 is 10.1 Å². The highest BCUT2D eigenvalue weighted by Gasteiger charge is 2.19. The Morgan fingerprint density at radius 3 is 2.54 bits per heavy atom. The van der Waals surface area contributed by atoms with Crippen molar-refractivity contribution in [3.8, 4) is 17.0 Å². The molecular weight excluding hydrogens is 482 g/mol. The quantitative estimate of drug-likeness (QED) is 0.378. The van der Waals surface area contributed by atoms with E-state index in [-0.39, 0.29) is 38.0 Å². The number of aliphatic hydroxyl groups is 2. The predicted molar refractivity (Wildman–Crippen MR) is 137 cm³/mol. The van der Waals surface area contributed by atoms with Crippen LogP contribution in [0, 0.1) is 6.92 Å². The van der Waals surface area contributed by atoms with Crippen molar-refractivity contribution in [2.24, 2.45) is 0 Å². The number of hydrogen-bond donors (Lipinski definition) is 3. The van der Waals surface area contributed by atoms with Crippen LogP contribution in [0.25, 0.3) is 23.2 Å². The molecule has 0 unspecified atom stereocenters. The van der Waals surface area contributed by atoms with E-state index >= 15 is 0 Å². The molecule has 37 heavy (non-hydrogen) atoms. The average molecular weight is 511 g/mol. The Bertz CT molecular complexity index is 1300. The molecule has 1 aliphatic rings. The number of alkyl halides is 2. The maximum atomic E-state index is 12.9. The fourth-order valence-electron chi connectivity index (χ4n) is 4.15. The standard InChI is InChI=1S/C27H28F2N4O4/c1-18-16-20(7-10-22(18)26(36)32(12-14-34)13-15-35)31-23-4-2-3-11-33-24(17-30-25(23)33)19-5-8-21(9-6-19)37-27(28)29/h3-11,16-17,27,31,34-35H,2,12-15H2,1H3. The summed E-state index contributed by atoms with van der Waals surface area (Å²) in [4.78, 5) is 18.9. The van der Waals surface area contributed by atoms with E-state index in [9.17, 15) is 23.8 Å². The second-order valence-electron chi connectivity index (χ2n) is 8.37. The van der Waals surface area contributed by atoms with E-state index in [1.807, 2.05) is 35.9 Å². The Kier molecular flexibility index (Phi) is 8.32. The van der Waals surface area contributed by atoms with E-state index in [2.05, 4.69) is 15.0 Å². The molecule has 0 aliphatic carbocycles. The number of nitrogens with one attached hydrogen (secondary N) is 1. The third-order valence-corrected chi connectivity index (χ3v) is 5.89. The number of halogens is 2. The number of nitrogens with zero attached hydrogens (tertiary/aromatic N) is 3. The summed E-state index contributed by atoms with van der Waals surface area (Å²) in [6.45, 7) is -1.13. The van der Waals surface area contributed by atoms with E-state index in [4.69, 9.17) is 0 Å². The van der Waals surface area contributed by atoms with Gasteiger partial charge in [-0.05, 0) is 61.4 Å². The fraction of sp³-hybridized carbons (Fsp3) is 0.259. The summed E-state index contributed by atoms with van der Waals surface area (Å²) in [6, 6.07) is 11.8. The molecule has 0 bridgehead atoms. The van der Waals surface area contributed by atoms with Gasteiger partial charge in [0.2, 0.25) is 0 Å². The van der Waals surface area contributed by atoms with Crippen LogP contribution in [0.3, 0.4) is 0 Å². The number of aromatic nitrogens is 2. The summed E-state index contributed by atoms with van der Waals surface area (Å²) < 4.78 is 31.3. The molecule has 10 heteroatoms. The van der Waals surface area contributed by atoms with Crippen molar-refractivity contribution in [2.75, 3.05) is 31.6 Å². The lowest BCUT2D eigenvalue weighted by molar-refractivity contribution is -0.0498. The Labute approximate surface area is 213 Å². The SMILES string of the molecule is Cc1cc(NC2=CCC=Cn3c(-c4ccc(OC(F)F)cc4)cnc32)ccc1C(=O)N(CCO)CCO. The molecule has 4 rings (SSSR count). The average Bonchev–Trinajstić information content (AvgIpc) is 3.19. The van der Waals surface area contributed by atoms with Gasteiger partial charge in [0, 0.05) is 36.1 Å². The molecule has 1 aliphatic heterocycles. The Hall–Kier alpha value is -4.02. The Morgan fingerprint density at radius 1 is 1.16 bits per heavy atom. The van der Waals surface area contributed by atoms with Gasteiger partial charge in [-0.25, -0.2) is 4.98 Å². The number of ether oxygens (including phenoxy) is 1. The highest BCUT2D eigenvalue weighted by atomic mass is 19.3. The summed E-state index contributed by atoms with van der Waals surface area (Å²) in [5, 5.41) is 21.9. The van der Waals surface area contributed by atoms with Crippen molar-refractivity contribution in [3.05, 3.63) is 77.8 Å². The maximum absolute atomic E-state index is 12.9.